The molecule has 0 aliphatic rings. The van der Waals surface area contributed by atoms with Crippen molar-refractivity contribution >= 4 is 0 Å². The lowest BCUT2D eigenvalue weighted by molar-refractivity contribution is 0.269. The summed E-state index contributed by atoms with van der Waals surface area (Å²) in [6.07, 6.45) is 2.31. The van der Waals surface area contributed by atoms with Gasteiger partial charge in [0.15, 0.2) is 0 Å². The first-order chi connectivity index (χ1) is 10.3. The van der Waals surface area contributed by atoms with E-state index in [9.17, 15) is 0 Å². The van der Waals surface area contributed by atoms with Crippen LogP contribution in [0.25, 0.3) is 0 Å². The normalized spacial score (nSPS) is 11.0. The van der Waals surface area contributed by atoms with E-state index in [4.69, 9.17) is 5.73 Å². The second-order valence-corrected chi connectivity index (χ2v) is 5.64. The zero-order valence-corrected chi connectivity index (χ0v) is 13.0. The Labute approximate surface area is 128 Å². The highest BCUT2D eigenvalue weighted by Crippen LogP contribution is 2.09. The summed E-state index contributed by atoms with van der Waals surface area (Å²) in [6, 6.07) is 19.4. The Morgan fingerprint density at radius 2 is 1.67 bits per heavy atom. The molecule has 0 heterocycles. The van der Waals surface area contributed by atoms with Gasteiger partial charge in [0.05, 0.1) is 0 Å². The van der Waals surface area contributed by atoms with Gasteiger partial charge in [-0.3, -0.25) is 4.90 Å². The number of hydrogen-bond donors (Lipinski definition) is 1. The number of rotatable bonds is 8. The highest BCUT2D eigenvalue weighted by molar-refractivity contribution is 5.22. The van der Waals surface area contributed by atoms with Gasteiger partial charge in [-0.25, -0.2) is 0 Å². The molecule has 0 bridgehead atoms. The molecular formula is C19H26N2. The zero-order valence-electron chi connectivity index (χ0n) is 13.0. The fourth-order valence-electron chi connectivity index (χ4n) is 2.67. The van der Waals surface area contributed by atoms with Crippen molar-refractivity contribution in [3.63, 3.8) is 0 Å². The largest absolute Gasteiger partial charge is 0.329 e. The quantitative estimate of drug-likeness (QED) is 0.804. The molecule has 0 spiro atoms. The minimum absolute atomic E-state index is 0.719. The molecule has 2 aromatic carbocycles. The van der Waals surface area contributed by atoms with Crippen molar-refractivity contribution in [3.8, 4) is 0 Å². The summed E-state index contributed by atoms with van der Waals surface area (Å²) in [5.74, 6) is 0. The van der Waals surface area contributed by atoms with Gasteiger partial charge >= 0.3 is 0 Å². The maximum absolute atomic E-state index is 5.75. The van der Waals surface area contributed by atoms with Gasteiger partial charge < -0.3 is 5.73 Å². The molecule has 0 radical (unpaired) electrons. The Hall–Kier alpha value is -1.64. The smallest absolute Gasteiger partial charge is 0.0234 e. The molecular weight excluding hydrogens is 256 g/mol. The molecule has 2 heteroatoms. The van der Waals surface area contributed by atoms with Crippen molar-refractivity contribution in [3.05, 3.63) is 71.3 Å². The Balaban J connectivity index is 1.84. The van der Waals surface area contributed by atoms with Crippen molar-refractivity contribution in [2.45, 2.75) is 26.3 Å². The second-order valence-electron chi connectivity index (χ2n) is 5.64. The third-order valence-corrected chi connectivity index (χ3v) is 3.72. The molecule has 0 aliphatic heterocycles. The van der Waals surface area contributed by atoms with Crippen molar-refractivity contribution in [2.75, 3.05) is 19.6 Å². The average molecular weight is 282 g/mol. The SMILES string of the molecule is Cc1cccc(CN(CCN)CCCc2ccccc2)c1. The molecule has 0 unspecified atom stereocenters. The monoisotopic (exact) mass is 282 g/mol. The van der Waals surface area contributed by atoms with Crippen LogP contribution in [0.5, 0.6) is 0 Å². The second kappa shape index (κ2) is 8.60. The number of nitrogens with two attached hydrogens (primary N) is 1. The van der Waals surface area contributed by atoms with Gasteiger partial charge in [0, 0.05) is 19.6 Å². The lowest BCUT2D eigenvalue weighted by Gasteiger charge is -2.22. The Kier molecular flexibility index (Phi) is 6.45. The van der Waals surface area contributed by atoms with Gasteiger partial charge in [0.2, 0.25) is 0 Å². The first-order valence-corrected chi connectivity index (χ1v) is 7.80. The van der Waals surface area contributed by atoms with Crippen LogP contribution in [0.3, 0.4) is 0 Å². The molecule has 112 valence electrons. The summed E-state index contributed by atoms with van der Waals surface area (Å²) in [5.41, 5.74) is 9.87. The van der Waals surface area contributed by atoms with E-state index in [1.165, 1.54) is 23.1 Å². The van der Waals surface area contributed by atoms with Crippen LogP contribution >= 0.6 is 0 Å². The molecule has 0 fully saturated rings. The number of nitrogens with zero attached hydrogens (tertiary/aromatic N) is 1. The Morgan fingerprint density at radius 1 is 0.905 bits per heavy atom. The molecule has 2 nitrogen and oxygen atoms in total. The summed E-state index contributed by atoms with van der Waals surface area (Å²) in [6.45, 7) is 5.92. The average Bonchev–Trinajstić information content (AvgIpc) is 2.48. The summed E-state index contributed by atoms with van der Waals surface area (Å²) < 4.78 is 0. The molecule has 0 atom stereocenters. The highest BCUT2D eigenvalue weighted by atomic mass is 15.1. The first-order valence-electron chi connectivity index (χ1n) is 7.80. The van der Waals surface area contributed by atoms with E-state index in [0.29, 0.717) is 0 Å². The molecule has 2 aromatic rings. The minimum Gasteiger partial charge on any atom is -0.329 e. The van der Waals surface area contributed by atoms with Crippen LogP contribution in [0.1, 0.15) is 23.1 Å². The summed E-state index contributed by atoms with van der Waals surface area (Å²) in [4.78, 5) is 2.46. The van der Waals surface area contributed by atoms with E-state index < -0.39 is 0 Å². The molecule has 21 heavy (non-hydrogen) atoms. The van der Waals surface area contributed by atoms with E-state index in [0.717, 1.165) is 32.6 Å². The van der Waals surface area contributed by atoms with E-state index in [1.807, 2.05) is 0 Å². The lowest BCUT2D eigenvalue weighted by Crippen LogP contribution is -2.30. The summed E-state index contributed by atoms with van der Waals surface area (Å²) >= 11 is 0. The predicted molar refractivity (Wildman–Crippen MR) is 90.3 cm³/mol. The van der Waals surface area contributed by atoms with Crippen LogP contribution in [-0.2, 0) is 13.0 Å². The summed E-state index contributed by atoms with van der Waals surface area (Å²) in [5, 5.41) is 0. The standard InChI is InChI=1S/C19H26N2/c1-17-7-5-10-19(15-17)16-21(14-12-20)13-6-11-18-8-3-2-4-9-18/h2-5,7-10,15H,6,11-14,16,20H2,1H3. The van der Waals surface area contributed by atoms with Crippen LogP contribution in [0, 0.1) is 6.92 Å². The number of benzene rings is 2. The van der Waals surface area contributed by atoms with Gasteiger partial charge in [-0.15, -0.1) is 0 Å². The first kappa shape index (κ1) is 15.7. The molecule has 0 amide bonds. The fraction of sp³-hybridized carbons (Fsp3) is 0.368. The topological polar surface area (TPSA) is 29.3 Å². The summed E-state index contributed by atoms with van der Waals surface area (Å²) in [7, 11) is 0. The number of aryl methyl sites for hydroxylation is 2. The third-order valence-electron chi connectivity index (χ3n) is 3.72. The van der Waals surface area contributed by atoms with Crippen molar-refractivity contribution in [2.24, 2.45) is 5.73 Å². The van der Waals surface area contributed by atoms with Gasteiger partial charge in [0.1, 0.15) is 0 Å². The Bertz CT molecular complexity index is 522. The van der Waals surface area contributed by atoms with Gasteiger partial charge in [-0.2, -0.15) is 0 Å². The van der Waals surface area contributed by atoms with E-state index in [2.05, 4.69) is 66.4 Å². The van der Waals surface area contributed by atoms with Crippen molar-refractivity contribution in [1.82, 2.24) is 4.90 Å². The lowest BCUT2D eigenvalue weighted by atomic mass is 10.1. The van der Waals surface area contributed by atoms with E-state index >= 15 is 0 Å². The van der Waals surface area contributed by atoms with E-state index in [-0.39, 0.29) is 0 Å². The molecule has 0 saturated heterocycles. The van der Waals surface area contributed by atoms with Crippen LogP contribution in [0.15, 0.2) is 54.6 Å². The minimum atomic E-state index is 0.719. The zero-order chi connectivity index (χ0) is 14.9. The van der Waals surface area contributed by atoms with Crippen LogP contribution in [-0.4, -0.2) is 24.5 Å². The van der Waals surface area contributed by atoms with Crippen molar-refractivity contribution in [1.29, 1.82) is 0 Å². The van der Waals surface area contributed by atoms with Crippen LogP contribution in [0.2, 0.25) is 0 Å². The number of hydrogen-bond acceptors (Lipinski definition) is 2. The van der Waals surface area contributed by atoms with E-state index in [1.54, 1.807) is 0 Å². The maximum atomic E-state index is 5.75. The van der Waals surface area contributed by atoms with Gasteiger partial charge in [-0.1, -0.05) is 60.2 Å². The molecule has 2 N–H and O–H groups in total. The predicted octanol–water partition coefficient (Wildman–Crippen LogP) is 3.39. The Morgan fingerprint density at radius 3 is 2.38 bits per heavy atom. The maximum Gasteiger partial charge on any atom is 0.0234 e. The van der Waals surface area contributed by atoms with Crippen LogP contribution < -0.4 is 5.73 Å². The molecule has 0 aliphatic carbocycles. The third kappa shape index (κ3) is 5.70. The van der Waals surface area contributed by atoms with Crippen LogP contribution in [0.4, 0.5) is 0 Å². The van der Waals surface area contributed by atoms with Gasteiger partial charge in [-0.05, 0) is 37.4 Å². The fourth-order valence-corrected chi connectivity index (χ4v) is 2.67. The molecule has 0 aromatic heterocycles. The highest BCUT2D eigenvalue weighted by Gasteiger charge is 2.05. The molecule has 0 saturated carbocycles. The van der Waals surface area contributed by atoms with Crippen molar-refractivity contribution < 1.29 is 0 Å². The molecule has 2 rings (SSSR count). The van der Waals surface area contributed by atoms with Gasteiger partial charge in [0.25, 0.3) is 0 Å².